The molecule has 2 N–H and O–H groups in total. The van der Waals surface area contributed by atoms with E-state index < -0.39 is 0 Å². The van der Waals surface area contributed by atoms with Crippen LogP contribution in [-0.4, -0.2) is 51.5 Å². The lowest BCUT2D eigenvalue weighted by molar-refractivity contribution is 0.174. The van der Waals surface area contributed by atoms with Gasteiger partial charge in [0.25, 0.3) is 0 Å². The third kappa shape index (κ3) is 2.83. The Labute approximate surface area is 113 Å². The second-order valence-electron chi connectivity index (χ2n) is 5.00. The molecule has 1 fully saturated rings. The van der Waals surface area contributed by atoms with Gasteiger partial charge in [-0.15, -0.1) is 0 Å². The van der Waals surface area contributed by atoms with E-state index in [9.17, 15) is 0 Å². The number of hydrogen-bond donors (Lipinski definition) is 2. The van der Waals surface area contributed by atoms with Crippen molar-refractivity contribution >= 4 is 0 Å². The van der Waals surface area contributed by atoms with Crippen molar-refractivity contribution < 1.29 is 9.47 Å². The highest BCUT2D eigenvalue weighted by Crippen LogP contribution is 2.34. The number of rotatable bonds is 4. The monoisotopic (exact) mass is 263 g/mol. The smallest absolute Gasteiger partial charge is 0.231 e. The number of hydrogen-bond acceptors (Lipinski definition) is 5. The van der Waals surface area contributed by atoms with Crippen molar-refractivity contribution in [1.82, 2.24) is 15.5 Å². The molecule has 5 nitrogen and oxygen atoms in total. The third-order valence-corrected chi connectivity index (χ3v) is 3.80. The van der Waals surface area contributed by atoms with Crippen molar-refractivity contribution in [3.8, 4) is 11.5 Å². The van der Waals surface area contributed by atoms with Crippen LogP contribution in [0.25, 0.3) is 0 Å². The molecule has 2 aliphatic rings. The molecule has 2 aliphatic heterocycles. The van der Waals surface area contributed by atoms with E-state index in [4.69, 9.17) is 9.47 Å². The summed E-state index contributed by atoms with van der Waals surface area (Å²) in [7, 11) is 2.01. The summed E-state index contributed by atoms with van der Waals surface area (Å²) in [5, 5.41) is 6.78. The Morgan fingerprint density at radius 3 is 2.84 bits per heavy atom. The lowest BCUT2D eigenvalue weighted by Gasteiger charge is -2.31. The first-order valence-electron chi connectivity index (χ1n) is 6.87. The number of piperazine rings is 1. The Morgan fingerprint density at radius 1 is 1.26 bits per heavy atom. The van der Waals surface area contributed by atoms with Gasteiger partial charge in [0.15, 0.2) is 11.5 Å². The fourth-order valence-electron chi connectivity index (χ4n) is 2.65. The van der Waals surface area contributed by atoms with Gasteiger partial charge in [-0.25, -0.2) is 0 Å². The number of nitrogens with one attached hydrogen (secondary N) is 2. The Balaban J connectivity index is 1.70. The highest BCUT2D eigenvalue weighted by atomic mass is 16.7. The molecule has 1 saturated heterocycles. The third-order valence-electron chi connectivity index (χ3n) is 3.80. The molecule has 2 heterocycles. The second-order valence-corrected chi connectivity index (χ2v) is 5.00. The van der Waals surface area contributed by atoms with Gasteiger partial charge in [0.1, 0.15) is 0 Å². The zero-order chi connectivity index (χ0) is 13.1. The van der Waals surface area contributed by atoms with Crippen molar-refractivity contribution in [2.24, 2.45) is 0 Å². The van der Waals surface area contributed by atoms with E-state index >= 15 is 0 Å². The van der Waals surface area contributed by atoms with Gasteiger partial charge in [0, 0.05) is 38.8 Å². The van der Waals surface area contributed by atoms with Crippen LogP contribution >= 0.6 is 0 Å². The summed E-state index contributed by atoms with van der Waals surface area (Å²) < 4.78 is 10.8. The summed E-state index contributed by atoms with van der Waals surface area (Å²) in [4.78, 5) is 2.49. The van der Waals surface area contributed by atoms with E-state index in [0.29, 0.717) is 12.8 Å². The van der Waals surface area contributed by atoms with Crippen LogP contribution in [0.1, 0.15) is 11.6 Å². The molecule has 0 aliphatic carbocycles. The number of benzene rings is 1. The summed E-state index contributed by atoms with van der Waals surface area (Å²) >= 11 is 0. The standard InChI is InChI=1S/C14H21N3O2/c1-15-12(9-17-6-4-16-5-7-17)11-2-3-13-14(8-11)19-10-18-13/h2-3,8,12,15-16H,4-7,9-10H2,1H3. The molecule has 0 saturated carbocycles. The lowest BCUT2D eigenvalue weighted by atomic mass is 10.1. The molecule has 1 aromatic rings. The molecule has 1 unspecified atom stereocenters. The summed E-state index contributed by atoms with van der Waals surface area (Å²) in [6, 6.07) is 6.54. The Hall–Kier alpha value is -1.30. The molecule has 1 aromatic carbocycles. The average Bonchev–Trinajstić information content (AvgIpc) is 2.93. The molecule has 1 atom stereocenters. The average molecular weight is 263 g/mol. The molecule has 0 spiro atoms. The van der Waals surface area contributed by atoms with Gasteiger partial charge in [0.2, 0.25) is 6.79 Å². The van der Waals surface area contributed by atoms with Crippen LogP contribution in [0.2, 0.25) is 0 Å². The predicted molar refractivity (Wildman–Crippen MR) is 73.7 cm³/mol. The quantitative estimate of drug-likeness (QED) is 0.832. The van der Waals surface area contributed by atoms with E-state index in [1.165, 1.54) is 5.56 Å². The Morgan fingerprint density at radius 2 is 2.05 bits per heavy atom. The Bertz CT molecular complexity index is 433. The fraction of sp³-hybridized carbons (Fsp3) is 0.571. The van der Waals surface area contributed by atoms with Crippen LogP contribution in [0, 0.1) is 0 Å². The first-order valence-corrected chi connectivity index (χ1v) is 6.87. The predicted octanol–water partition coefficient (Wildman–Crippen LogP) is 0.581. The van der Waals surface area contributed by atoms with Gasteiger partial charge < -0.3 is 20.1 Å². The SMILES string of the molecule is CNC(CN1CCNCC1)c1ccc2c(c1)OCO2. The highest BCUT2D eigenvalue weighted by Gasteiger charge is 2.20. The Kier molecular flexibility index (Phi) is 3.87. The normalized spacial score (nSPS) is 20.5. The van der Waals surface area contributed by atoms with Crippen molar-refractivity contribution in [1.29, 1.82) is 0 Å². The van der Waals surface area contributed by atoms with Crippen LogP contribution < -0.4 is 20.1 Å². The van der Waals surface area contributed by atoms with E-state index in [2.05, 4.69) is 27.7 Å². The maximum Gasteiger partial charge on any atom is 0.231 e. The van der Waals surface area contributed by atoms with Crippen LogP contribution in [0.4, 0.5) is 0 Å². The summed E-state index contributed by atoms with van der Waals surface area (Å²) in [5.41, 5.74) is 1.25. The largest absolute Gasteiger partial charge is 0.454 e. The molecular weight excluding hydrogens is 242 g/mol. The lowest BCUT2D eigenvalue weighted by Crippen LogP contribution is -2.46. The summed E-state index contributed by atoms with van der Waals surface area (Å²) in [6.07, 6.45) is 0. The van der Waals surface area contributed by atoms with Gasteiger partial charge in [-0.05, 0) is 24.7 Å². The number of likely N-dealkylation sites (N-methyl/N-ethyl adjacent to an activating group) is 1. The van der Waals surface area contributed by atoms with E-state index in [-0.39, 0.29) is 0 Å². The minimum absolute atomic E-state index is 0.326. The van der Waals surface area contributed by atoms with Gasteiger partial charge in [0.05, 0.1) is 0 Å². The number of ether oxygens (including phenoxy) is 2. The highest BCUT2D eigenvalue weighted by molar-refractivity contribution is 5.45. The molecule has 0 aromatic heterocycles. The first kappa shape index (κ1) is 12.7. The van der Waals surface area contributed by atoms with Crippen molar-refractivity contribution in [3.63, 3.8) is 0 Å². The van der Waals surface area contributed by atoms with Gasteiger partial charge in [-0.3, -0.25) is 4.90 Å². The van der Waals surface area contributed by atoms with Crippen molar-refractivity contribution in [2.75, 3.05) is 46.6 Å². The first-order chi connectivity index (χ1) is 9.36. The maximum absolute atomic E-state index is 5.45. The molecule has 104 valence electrons. The van der Waals surface area contributed by atoms with E-state index in [1.807, 2.05) is 13.1 Å². The van der Waals surface area contributed by atoms with Gasteiger partial charge >= 0.3 is 0 Å². The molecule has 0 amide bonds. The molecule has 3 rings (SSSR count). The minimum Gasteiger partial charge on any atom is -0.454 e. The molecule has 0 radical (unpaired) electrons. The molecular formula is C14H21N3O2. The van der Waals surface area contributed by atoms with Crippen LogP contribution in [-0.2, 0) is 0 Å². The van der Waals surface area contributed by atoms with Crippen molar-refractivity contribution in [3.05, 3.63) is 23.8 Å². The molecule has 0 bridgehead atoms. The zero-order valence-corrected chi connectivity index (χ0v) is 11.3. The summed E-state index contributed by atoms with van der Waals surface area (Å²) in [5.74, 6) is 1.71. The minimum atomic E-state index is 0.326. The maximum atomic E-state index is 5.45. The van der Waals surface area contributed by atoms with Crippen molar-refractivity contribution in [2.45, 2.75) is 6.04 Å². The second kappa shape index (κ2) is 5.77. The van der Waals surface area contributed by atoms with Crippen LogP contribution in [0.15, 0.2) is 18.2 Å². The fourth-order valence-corrected chi connectivity index (χ4v) is 2.65. The summed E-state index contributed by atoms with van der Waals surface area (Å²) in [6.45, 7) is 5.75. The topological polar surface area (TPSA) is 45.8 Å². The van der Waals surface area contributed by atoms with Crippen LogP contribution in [0.3, 0.4) is 0 Å². The van der Waals surface area contributed by atoms with Gasteiger partial charge in [-0.2, -0.15) is 0 Å². The number of nitrogens with zero attached hydrogens (tertiary/aromatic N) is 1. The molecule has 5 heteroatoms. The molecule has 19 heavy (non-hydrogen) atoms. The number of fused-ring (bicyclic) bond motifs is 1. The van der Waals surface area contributed by atoms with Gasteiger partial charge in [-0.1, -0.05) is 6.07 Å². The van der Waals surface area contributed by atoms with Crippen LogP contribution in [0.5, 0.6) is 11.5 Å². The van der Waals surface area contributed by atoms with E-state index in [1.54, 1.807) is 0 Å². The van der Waals surface area contributed by atoms with E-state index in [0.717, 1.165) is 44.2 Å². The zero-order valence-electron chi connectivity index (χ0n) is 11.3.